The summed E-state index contributed by atoms with van der Waals surface area (Å²) >= 11 is 0. The molecule has 0 fully saturated rings. The Morgan fingerprint density at radius 1 is 1.40 bits per heavy atom. The third kappa shape index (κ3) is 3.34. The van der Waals surface area contributed by atoms with Gasteiger partial charge in [0.2, 0.25) is 18.1 Å². The zero-order valence-corrected chi connectivity index (χ0v) is 11.6. The maximum absolute atomic E-state index is 10.1. The molecule has 0 unspecified atom stereocenters. The summed E-state index contributed by atoms with van der Waals surface area (Å²) in [5.74, 6) is 1.17. The number of hydrogen-bond donors (Lipinski definition) is 2. The van der Waals surface area contributed by atoms with Crippen molar-refractivity contribution < 1.29 is 9.32 Å². The van der Waals surface area contributed by atoms with E-state index in [4.69, 9.17) is 4.52 Å². The van der Waals surface area contributed by atoms with Gasteiger partial charge in [-0.1, -0.05) is 17.3 Å². The van der Waals surface area contributed by atoms with Gasteiger partial charge in [-0.25, -0.2) is 0 Å². The molecule has 0 aliphatic carbocycles. The highest BCUT2D eigenvalue weighted by atomic mass is 16.5. The molecule has 6 nitrogen and oxygen atoms in total. The fourth-order valence-corrected chi connectivity index (χ4v) is 1.90. The molecule has 0 atom stereocenters. The number of amides is 1. The van der Waals surface area contributed by atoms with E-state index in [0.29, 0.717) is 31.1 Å². The van der Waals surface area contributed by atoms with Crippen LogP contribution >= 0.6 is 0 Å². The topological polar surface area (TPSA) is 80.0 Å². The van der Waals surface area contributed by atoms with Crippen molar-refractivity contribution >= 4 is 12.1 Å². The predicted molar refractivity (Wildman–Crippen MR) is 76.4 cm³/mol. The summed E-state index contributed by atoms with van der Waals surface area (Å²) in [6.07, 6.45) is 2.11. The van der Waals surface area contributed by atoms with Gasteiger partial charge >= 0.3 is 0 Å². The van der Waals surface area contributed by atoms with Gasteiger partial charge in [0.1, 0.15) is 0 Å². The Morgan fingerprint density at radius 2 is 2.25 bits per heavy atom. The average Bonchev–Trinajstić information content (AvgIpc) is 2.93. The standard InChI is InChI=1S/C14H18N4O2/c1-10-5-6-11(8-12(10)15-2)14-17-13(20-18-14)4-3-7-16-9-19/h5-6,8-9,15H,3-4,7H2,1-2H3,(H,16,19). The number of carbonyl (C=O) groups excluding carboxylic acids is 1. The first kappa shape index (κ1) is 14.0. The molecular weight excluding hydrogens is 256 g/mol. The molecular formula is C14H18N4O2. The molecule has 1 amide bonds. The molecule has 0 bridgehead atoms. The summed E-state index contributed by atoms with van der Waals surface area (Å²) in [6.45, 7) is 2.65. The lowest BCUT2D eigenvalue weighted by atomic mass is 10.1. The second-order valence-electron chi connectivity index (χ2n) is 4.47. The Kier molecular flexibility index (Phi) is 4.70. The van der Waals surface area contributed by atoms with E-state index in [1.54, 1.807) is 0 Å². The number of aromatic nitrogens is 2. The number of rotatable bonds is 7. The van der Waals surface area contributed by atoms with Crippen LogP contribution in [0.2, 0.25) is 0 Å². The summed E-state index contributed by atoms with van der Waals surface area (Å²) in [5, 5.41) is 9.72. The Labute approximate surface area is 117 Å². The lowest BCUT2D eigenvalue weighted by Gasteiger charge is -2.05. The van der Waals surface area contributed by atoms with Crippen molar-refractivity contribution in [3.63, 3.8) is 0 Å². The van der Waals surface area contributed by atoms with Gasteiger partial charge in [0.25, 0.3) is 0 Å². The Balaban J connectivity index is 2.06. The van der Waals surface area contributed by atoms with Crippen molar-refractivity contribution in [1.82, 2.24) is 15.5 Å². The molecule has 2 rings (SSSR count). The number of nitrogens with zero attached hydrogens (tertiary/aromatic N) is 2. The number of carbonyl (C=O) groups is 1. The van der Waals surface area contributed by atoms with Crippen molar-refractivity contribution in [3.8, 4) is 11.4 Å². The first-order valence-electron chi connectivity index (χ1n) is 6.53. The molecule has 0 spiro atoms. The number of aryl methyl sites for hydroxylation is 2. The molecule has 1 aromatic carbocycles. The smallest absolute Gasteiger partial charge is 0.227 e. The molecule has 0 saturated heterocycles. The highest BCUT2D eigenvalue weighted by Crippen LogP contribution is 2.23. The minimum absolute atomic E-state index is 0.583. The summed E-state index contributed by atoms with van der Waals surface area (Å²) < 4.78 is 5.21. The summed E-state index contributed by atoms with van der Waals surface area (Å²) in [6, 6.07) is 5.99. The normalized spacial score (nSPS) is 10.3. The van der Waals surface area contributed by atoms with Crippen molar-refractivity contribution in [1.29, 1.82) is 0 Å². The molecule has 0 aliphatic rings. The van der Waals surface area contributed by atoms with Crippen molar-refractivity contribution in [2.75, 3.05) is 18.9 Å². The van der Waals surface area contributed by atoms with Gasteiger partial charge in [-0.15, -0.1) is 0 Å². The van der Waals surface area contributed by atoms with E-state index in [-0.39, 0.29) is 0 Å². The van der Waals surface area contributed by atoms with Crippen molar-refractivity contribution in [2.24, 2.45) is 0 Å². The zero-order valence-electron chi connectivity index (χ0n) is 11.6. The summed E-state index contributed by atoms with van der Waals surface area (Å²) in [7, 11) is 1.88. The van der Waals surface area contributed by atoms with Crippen LogP contribution in [-0.4, -0.2) is 30.1 Å². The second-order valence-corrected chi connectivity index (χ2v) is 4.47. The van der Waals surface area contributed by atoms with E-state index in [9.17, 15) is 4.79 Å². The van der Waals surface area contributed by atoms with Crippen molar-refractivity contribution in [2.45, 2.75) is 19.8 Å². The van der Waals surface area contributed by atoms with Gasteiger partial charge in [0.05, 0.1) is 0 Å². The molecule has 2 aromatic rings. The minimum Gasteiger partial charge on any atom is -0.388 e. The van der Waals surface area contributed by atoms with Crippen LogP contribution in [0.4, 0.5) is 5.69 Å². The SMILES string of the molecule is CNc1cc(-c2noc(CCCNC=O)n2)ccc1C. The molecule has 0 saturated carbocycles. The van der Waals surface area contributed by atoms with Crippen molar-refractivity contribution in [3.05, 3.63) is 29.7 Å². The third-order valence-electron chi connectivity index (χ3n) is 3.03. The largest absolute Gasteiger partial charge is 0.388 e. The van der Waals surface area contributed by atoms with Crippen LogP contribution in [0.5, 0.6) is 0 Å². The van der Waals surface area contributed by atoms with Crippen LogP contribution in [0, 0.1) is 6.92 Å². The highest BCUT2D eigenvalue weighted by Gasteiger charge is 2.09. The van der Waals surface area contributed by atoms with Gasteiger partial charge in [0.15, 0.2) is 0 Å². The fraction of sp³-hybridized carbons (Fsp3) is 0.357. The van der Waals surface area contributed by atoms with Crippen LogP contribution in [0.25, 0.3) is 11.4 Å². The van der Waals surface area contributed by atoms with Gasteiger partial charge in [0, 0.05) is 31.3 Å². The first-order chi connectivity index (χ1) is 9.74. The third-order valence-corrected chi connectivity index (χ3v) is 3.03. The van der Waals surface area contributed by atoms with Crippen LogP contribution < -0.4 is 10.6 Å². The number of nitrogens with one attached hydrogen (secondary N) is 2. The quantitative estimate of drug-likeness (QED) is 0.594. The molecule has 1 heterocycles. The summed E-state index contributed by atoms with van der Waals surface area (Å²) in [4.78, 5) is 14.5. The van der Waals surface area contributed by atoms with Gasteiger partial charge < -0.3 is 15.2 Å². The van der Waals surface area contributed by atoms with E-state index in [0.717, 1.165) is 17.7 Å². The van der Waals surface area contributed by atoms with E-state index in [2.05, 4.69) is 20.8 Å². The Morgan fingerprint density at radius 3 is 3.00 bits per heavy atom. The number of hydrogen-bond acceptors (Lipinski definition) is 5. The monoisotopic (exact) mass is 274 g/mol. The lowest BCUT2D eigenvalue weighted by Crippen LogP contribution is -2.12. The van der Waals surface area contributed by atoms with Crippen LogP contribution in [0.1, 0.15) is 17.9 Å². The number of anilines is 1. The molecule has 1 aromatic heterocycles. The molecule has 0 aliphatic heterocycles. The number of benzene rings is 1. The predicted octanol–water partition coefficient (Wildman–Crippen LogP) is 1.77. The Bertz CT molecular complexity index is 580. The minimum atomic E-state index is 0.583. The van der Waals surface area contributed by atoms with Crippen LogP contribution in [0.15, 0.2) is 22.7 Å². The Hall–Kier alpha value is -2.37. The molecule has 20 heavy (non-hydrogen) atoms. The second kappa shape index (κ2) is 6.70. The lowest BCUT2D eigenvalue weighted by molar-refractivity contribution is -0.109. The van der Waals surface area contributed by atoms with E-state index >= 15 is 0 Å². The van der Waals surface area contributed by atoms with Crippen LogP contribution in [-0.2, 0) is 11.2 Å². The maximum atomic E-state index is 10.1. The molecule has 6 heteroatoms. The average molecular weight is 274 g/mol. The molecule has 0 radical (unpaired) electrons. The van der Waals surface area contributed by atoms with Crippen LogP contribution in [0.3, 0.4) is 0 Å². The van der Waals surface area contributed by atoms with E-state index in [1.165, 1.54) is 5.56 Å². The zero-order chi connectivity index (χ0) is 14.4. The molecule has 106 valence electrons. The van der Waals surface area contributed by atoms with E-state index < -0.39 is 0 Å². The van der Waals surface area contributed by atoms with Gasteiger partial charge in [-0.2, -0.15) is 4.98 Å². The van der Waals surface area contributed by atoms with E-state index in [1.807, 2.05) is 32.2 Å². The fourth-order valence-electron chi connectivity index (χ4n) is 1.90. The highest BCUT2D eigenvalue weighted by molar-refractivity contribution is 5.64. The summed E-state index contributed by atoms with van der Waals surface area (Å²) in [5.41, 5.74) is 3.13. The first-order valence-corrected chi connectivity index (χ1v) is 6.53. The van der Waals surface area contributed by atoms with Gasteiger partial charge in [-0.05, 0) is 25.0 Å². The molecule has 2 N–H and O–H groups in total. The van der Waals surface area contributed by atoms with Gasteiger partial charge in [-0.3, -0.25) is 4.79 Å². The maximum Gasteiger partial charge on any atom is 0.227 e.